The van der Waals surface area contributed by atoms with E-state index in [1.54, 1.807) is 0 Å². The Morgan fingerprint density at radius 1 is 1.33 bits per heavy atom. The maximum Gasteiger partial charge on any atom is 0.323 e. The molecular formula is C16H21NO4. The standard InChI is InChI=1S/C16H21NO4/c1-12-14(8-10-21-12)16(20)17(11-15(18)19)9-7-13-5-3-2-4-6-13/h2-6,12,14H,7-11H2,1H3,(H,18,19). The molecule has 0 aromatic heterocycles. The molecule has 5 heteroatoms. The van der Waals surface area contributed by atoms with E-state index in [0.717, 1.165) is 5.56 Å². The summed E-state index contributed by atoms with van der Waals surface area (Å²) in [6.07, 6.45) is 1.19. The van der Waals surface area contributed by atoms with Crippen molar-refractivity contribution in [2.75, 3.05) is 19.7 Å². The van der Waals surface area contributed by atoms with Crippen molar-refractivity contribution in [2.45, 2.75) is 25.9 Å². The number of aliphatic carboxylic acids is 1. The van der Waals surface area contributed by atoms with Crippen LogP contribution in [0.2, 0.25) is 0 Å². The van der Waals surface area contributed by atoms with E-state index in [1.807, 2.05) is 37.3 Å². The highest BCUT2D eigenvalue weighted by atomic mass is 16.5. The summed E-state index contributed by atoms with van der Waals surface area (Å²) in [6, 6.07) is 9.76. The fourth-order valence-corrected chi connectivity index (χ4v) is 2.63. The van der Waals surface area contributed by atoms with Crippen LogP contribution in [0, 0.1) is 5.92 Å². The molecule has 1 fully saturated rings. The first-order chi connectivity index (χ1) is 10.1. The molecule has 2 rings (SSSR count). The van der Waals surface area contributed by atoms with Crippen LogP contribution >= 0.6 is 0 Å². The van der Waals surface area contributed by atoms with Crippen molar-refractivity contribution in [1.82, 2.24) is 4.90 Å². The maximum atomic E-state index is 12.5. The van der Waals surface area contributed by atoms with Gasteiger partial charge in [0.15, 0.2) is 0 Å². The number of hydrogen-bond donors (Lipinski definition) is 1. The monoisotopic (exact) mass is 291 g/mol. The smallest absolute Gasteiger partial charge is 0.323 e. The van der Waals surface area contributed by atoms with Crippen LogP contribution in [0.4, 0.5) is 0 Å². The van der Waals surface area contributed by atoms with E-state index in [1.165, 1.54) is 4.90 Å². The molecule has 2 atom stereocenters. The zero-order valence-electron chi connectivity index (χ0n) is 12.2. The van der Waals surface area contributed by atoms with Crippen LogP contribution < -0.4 is 0 Å². The van der Waals surface area contributed by atoms with Gasteiger partial charge in [0.05, 0.1) is 12.0 Å². The second-order valence-electron chi connectivity index (χ2n) is 5.36. The molecule has 0 bridgehead atoms. The number of hydrogen-bond acceptors (Lipinski definition) is 3. The fraction of sp³-hybridized carbons (Fsp3) is 0.500. The van der Waals surface area contributed by atoms with Crippen LogP contribution in [0.15, 0.2) is 30.3 Å². The highest BCUT2D eigenvalue weighted by Gasteiger charge is 2.34. The van der Waals surface area contributed by atoms with Crippen molar-refractivity contribution in [1.29, 1.82) is 0 Å². The fourth-order valence-electron chi connectivity index (χ4n) is 2.63. The van der Waals surface area contributed by atoms with Gasteiger partial charge in [-0.15, -0.1) is 0 Å². The van der Waals surface area contributed by atoms with Crippen molar-refractivity contribution in [3.05, 3.63) is 35.9 Å². The molecule has 1 aromatic rings. The van der Waals surface area contributed by atoms with E-state index in [2.05, 4.69) is 0 Å². The van der Waals surface area contributed by atoms with Crippen molar-refractivity contribution in [2.24, 2.45) is 5.92 Å². The third-order valence-electron chi connectivity index (χ3n) is 3.84. The summed E-state index contributed by atoms with van der Waals surface area (Å²) in [4.78, 5) is 24.9. The quantitative estimate of drug-likeness (QED) is 0.864. The molecule has 21 heavy (non-hydrogen) atoms. The molecule has 2 unspecified atom stereocenters. The van der Waals surface area contributed by atoms with Gasteiger partial charge in [-0.05, 0) is 25.3 Å². The van der Waals surface area contributed by atoms with E-state index in [-0.39, 0.29) is 24.5 Å². The minimum absolute atomic E-state index is 0.113. The lowest BCUT2D eigenvalue weighted by molar-refractivity contribution is -0.147. The summed E-state index contributed by atoms with van der Waals surface area (Å²) in [5, 5.41) is 9.01. The van der Waals surface area contributed by atoms with Crippen LogP contribution in [-0.4, -0.2) is 47.7 Å². The number of rotatable bonds is 6. The molecule has 0 saturated carbocycles. The molecule has 0 radical (unpaired) electrons. The lowest BCUT2D eigenvalue weighted by Crippen LogP contribution is -2.42. The van der Waals surface area contributed by atoms with Crippen molar-refractivity contribution in [3.63, 3.8) is 0 Å². The zero-order chi connectivity index (χ0) is 15.2. The Bertz CT molecular complexity index is 488. The SMILES string of the molecule is CC1OCCC1C(=O)N(CCc1ccccc1)CC(=O)O. The Hall–Kier alpha value is -1.88. The Morgan fingerprint density at radius 3 is 2.62 bits per heavy atom. The molecule has 1 aliphatic rings. The van der Waals surface area contributed by atoms with E-state index in [4.69, 9.17) is 9.84 Å². The van der Waals surface area contributed by atoms with Gasteiger partial charge in [-0.3, -0.25) is 9.59 Å². The number of carboxylic acid groups (broad SMARTS) is 1. The summed E-state index contributed by atoms with van der Waals surface area (Å²) in [6.45, 7) is 2.59. The largest absolute Gasteiger partial charge is 0.480 e. The zero-order valence-corrected chi connectivity index (χ0v) is 12.2. The lowest BCUT2D eigenvalue weighted by Gasteiger charge is -2.25. The van der Waals surface area contributed by atoms with Gasteiger partial charge in [0, 0.05) is 13.2 Å². The molecule has 0 aliphatic carbocycles. The summed E-state index contributed by atoms with van der Waals surface area (Å²) < 4.78 is 5.41. The Morgan fingerprint density at radius 2 is 2.05 bits per heavy atom. The second-order valence-corrected chi connectivity index (χ2v) is 5.36. The molecule has 5 nitrogen and oxygen atoms in total. The van der Waals surface area contributed by atoms with Gasteiger partial charge in [-0.1, -0.05) is 30.3 Å². The first-order valence-electron chi connectivity index (χ1n) is 7.24. The van der Waals surface area contributed by atoms with Crippen LogP contribution in [0.3, 0.4) is 0 Å². The molecule has 1 N–H and O–H groups in total. The summed E-state index contributed by atoms with van der Waals surface area (Å²) in [7, 11) is 0. The van der Waals surface area contributed by atoms with Crippen LogP contribution in [0.1, 0.15) is 18.9 Å². The van der Waals surface area contributed by atoms with E-state index in [9.17, 15) is 9.59 Å². The van der Waals surface area contributed by atoms with Crippen molar-refractivity contribution < 1.29 is 19.4 Å². The predicted molar refractivity (Wildman–Crippen MR) is 77.9 cm³/mol. The van der Waals surface area contributed by atoms with Crippen LogP contribution in [0.5, 0.6) is 0 Å². The van der Waals surface area contributed by atoms with Crippen molar-refractivity contribution in [3.8, 4) is 0 Å². The summed E-state index contributed by atoms with van der Waals surface area (Å²) >= 11 is 0. The number of carbonyl (C=O) groups excluding carboxylic acids is 1. The molecule has 1 aliphatic heterocycles. The number of amides is 1. The highest BCUT2D eigenvalue weighted by molar-refractivity contribution is 5.83. The predicted octanol–water partition coefficient (Wildman–Crippen LogP) is 1.57. The minimum atomic E-state index is -0.983. The third kappa shape index (κ3) is 4.29. The number of carbonyl (C=O) groups is 2. The van der Waals surface area contributed by atoms with E-state index < -0.39 is 5.97 Å². The molecular weight excluding hydrogens is 270 g/mol. The van der Waals surface area contributed by atoms with Gasteiger partial charge in [-0.25, -0.2) is 0 Å². The Kier molecular flexibility index (Phi) is 5.33. The highest BCUT2D eigenvalue weighted by Crippen LogP contribution is 2.22. The van der Waals surface area contributed by atoms with Crippen LogP contribution in [-0.2, 0) is 20.7 Å². The topological polar surface area (TPSA) is 66.8 Å². The van der Waals surface area contributed by atoms with Gasteiger partial charge >= 0.3 is 5.97 Å². The third-order valence-corrected chi connectivity index (χ3v) is 3.84. The molecule has 1 heterocycles. The summed E-state index contributed by atoms with van der Waals surface area (Å²) in [5.41, 5.74) is 1.09. The summed E-state index contributed by atoms with van der Waals surface area (Å²) in [5.74, 6) is -1.32. The normalized spacial score (nSPS) is 21.2. The average Bonchev–Trinajstić information content (AvgIpc) is 2.89. The van der Waals surface area contributed by atoms with Gasteiger partial charge in [0.1, 0.15) is 6.54 Å². The van der Waals surface area contributed by atoms with Gasteiger partial charge in [0.2, 0.25) is 5.91 Å². The first-order valence-corrected chi connectivity index (χ1v) is 7.24. The second kappa shape index (κ2) is 7.22. The minimum Gasteiger partial charge on any atom is -0.480 e. The molecule has 1 amide bonds. The molecule has 1 aromatic carbocycles. The maximum absolute atomic E-state index is 12.5. The number of benzene rings is 1. The molecule has 114 valence electrons. The Balaban J connectivity index is 2.00. The van der Waals surface area contributed by atoms with Gasteiger partial charge in [0.25, 0.3) is 0 Å². The lowest BCUT2D eigenvalue weighted by atomic mass is 10.0. The molecule has 1 saturated heterocycles. The van der Waals surface area contributed by atoms with Crippen LogP contribution in [0.25, 0.3) is 0 Å². The molecule has 0 spiro atoms. The number of nitrogens with zero attached hydrogens (tertiary/aromatic N) is 1. The van der Waals surface area contributed by atoms with Gasteiger partial charge < -0.3 is 14.7 Å². The number of carboxylic acids is 1. The average molecular weight is 291 g/mol. The first kappa shape index (κ1) is 15.5. The Labute approximate surface area is 124 Å². The van der Waals surface area contributed by atoms with Crippen molar-refractivity contribution >= 4 is 11.9 Å². The van der Waals surface area contributed by atoms with E-state index >= 15 is 0 Å². The van der Waals surface area contributed by atoms with Gasteiger partial charge in [-0.2, -0.15) is 0 Å². The van der Waals surface area contributed by atoms with E-state index in [0.29, 0.717) is 26.0 Å². The number of ether oxygens (including phenoxy) is 1.